The number of hydrogen-bond donors (Lipinski definition) is 1. The number of hydrogen-bond acceptors (Lipinski definition) is 4. The molecule has 2 aromatic rings. The average molecular weight is 353 g/mol. The van der Waals surface area contributed by atoms with Gasteiger partial charge in [0.2, 0.25) is 5.91 Å². The zero-order chi connectivity index (χ0) is 18.7. The van der Waals surface area contributed by atoms with Crippen molar-refractivity contribution in [1.82, 2.24) is 0 Å². The van der Waals surface area contributed by atoms with Crippen molar-refractivity contribution in [3.63, 3.8) is 0 Å². The first-order chi connectivity index (χ1) is 12.5. The lowest BCUT2D eigenvalue weighted by atomic mass is 10.1. The van der Waals surface area contributed by atoms with Crippen LogP contribution in [0.1, 0.15) is 35.2 Å². The van der Waals surface area contributed by atoms with Crippen LogP contribution in [0.3, 0.4) is 0 Å². The second kappa shape index (κ2) is 7.35. The molecule has 134 valence electrons. The van der Waals surface area contributed by atoms with Crippen LogP contribution >= 0.6 is 0 Å². The molecule has 0 atom stereocenters. The van der Waals surface area contributed by atoms with Gasteiger partial charge in [0.05, 0.1) is 4.92 Å². The van der Waals surface area contributed by atoms with Gasteiger partial charge in [-0.25, -0.2) is 0 Å². The van der Waals surface area contributed by atoms with Gasteiger partial charge < -0.3 is 10.2 Å². The van der Waals surface area contributed by atoms with Crippen LogP contribution in [0.25, 0.3) is 0 Å². The summed E-state index contributed by atoms with van der Waals surface area (Å²) < 4.78 is 0. The van der Waals surface area contributed by atoms with Crippen LogP contribution in [0, 0.1) is 17.0 Å². The average Bonchev–Trinajstić information content (AvgIpc) is 2.64. The van der Waals surface area contributed by atoms with Crippen molar-refractivity contribution >= 4 is 28.9 Å². The molecule has 0 unspecified atom stereocenters. The molecule has 1 aliphatic rings. The van der Waals surface area contributed by atoms with E-state index in [1.54, 1.807) is 17.0 Å². The first-order valence-electron chi connectivity index (χ1n) is 8.42. The van der Waals surface area contributed by atoms with Crippen LogP contribution in [0.15, 0.2) is 42.5 Å². The van der Waals surface area contributed by atoms with E-state index < -0.39 is 10.8 Å². The first-order valence-corrected chi connectivity index (χ1v) is 8.42. The molecule has 1 fully saturated rings. The van der Waals surface area contributed by atoms with Crippen LogP contribution < -0.4 is 10.2 Å². The van der Waals surface area contributed by atoms with Crippen molar-refractivity contribution in [2.45, 2.75) is 26.2 Å². The lowest BCUT2D eigenvalue weighted by Crippen LogP contribution is -2.35. The minimum absolute atomic E-state index is 0.0847. The van der Waals surface area contributed by atoms with E-state index >= 15 is 0 Å². The number of carbonyl (C=O) groups is 2. The molecule has 0 bridgehead atoms. The summed E-state index contributed by atoms with van der Waals surface area (Å²) in [7, 11) is 0. The highest BCUT2D eigenvalue weighted by Crippen LogP contribution is 2.28. The van der Waals surface area contributed by atoms with Crippen LogP contribution in [0.4, 0.5) is 17.1 Å². The molecule has 1 N–H and O–H groups in total. The third-order valence-electron chi connectivity index (χ3n) is 4.40. The standard InChI is InChI=1S/C19H19N3O4/c1-13-8-9-15(12-17(13)21-10-3-2-7-18(21)23)20-19(24)14-5-4-6-16(11-14)22(25)26/h4-6,8-9,11-12H,2-3,7,10H2,1H3,(H,20,24). The number of nitrogens with one attached hydrogen (secondary N) is 1. The quantitative estimate of drug-likeness (QED) is 0.670. The lowest BCUT2D eigenvalue weighted by molar-refractivity contribution is -0.384. The molecule has 7 heteroatoms. The minimum atomic E-state index is -0.539. The Balaban J connectivity index is 1.83. The van der Waals surface area contributed by atoms with E-state index in [9.17, 15) is 19.7 Å². The van der Waals surface area contributed by atoms with E-state index in [0.717, 1.165) is 24.1 Å². The summed E-state index contributed by atoms with van der Waals surface area (Å²) in [4.78, 5) is 36.7. The zero-order valence-corrected chi connectivity index (χ0v) is 14.4. The second-order valence-electron chi connectivity index (χ2n) is 6.27. The Hall–Kier alpha value is -3.22. The van der Waals surface area contributed by atoms with Crippen LogP contribution in [0.5, 0.6) is 0 Å². The van der Waals surface area contributed by atoms with Crippen LogP contribution in [-0.2, 0) is 4.79 Å². The Bertz CT molecular complexity index is 879. The van der Waals surface area contributed by atoms with Gasteiger partial charge in [-0.1, -0.05) is 12.1 Å². The molecule has 0 aromatic heterocycles. The number of benzene rings is 2. The Kier molecular flexibility index (Phi) is 4.97. The number of anilines is 2. The summed E-state index contributed by atoms with van der Waals surface area (Å²) in [6.07, 6.45) is 2.39. The summed E-state index contributed by atoms with van der Waals surface area (Å²) in [5, 5.41) is 13.6. The van der Waals surface area contributed by atoms with Crippen molar-refractivity contribution in [3.05, 3.63) is 63.7 Å². The van der Waals surface area contributed by atoms with E-state index in [2.05, 4.69) is 5.32 Å². The topological polar surface area (TPSA) is 92.5 Å². The molecule has 3 rings (SSSR count). The van der Waals surface area contributed by atoms with Gasteiger partial charge in [-0.15, -0.1) is 0 Å². The number of carbonyl (C=O) groups excluding carboxylic acids is 2. The Morgan fingerprint density at radius 2 is 2.00 bits per heavy atom. The molecular formula is C19H19N3O4. The number of amides is 2. The highest BCUT2D eigenvalue weighted by Gasteiger charge is 2.21. The number of nitro benzene ring substituents is 1. The largest absolute Gasteiger partial charge is 0.322 e. The van der Waals surface area contributed by atoms with E-state index in [-0.39, 0.29) is 17.2 Å². The maximum atomic E-state index is 12.4. The fourth-order valence-corrected chi connectivity index (χ4v) is 3.00. The van der Waals surface area contributed by atoms with E-state index in [4.69, 9.17) is 0 Å². The first kappa shape index (κ1) is 17.6. The highest BCUT2D eigenvalue weighted by atomic mass is 16.6. The van der Waals surface area contributed by atoms with Crippen molar-refractivity contribution in [2.75, 3.05) is 16.8 Å². The smallest absolute Gasteiger partial charge is 0.270 e. The van der Waals surface area contributed by atoms with Gasteiger partial charge in [-0.05, 0) is 43.5 Å². The fraction of sp³-hybridized carbons (Fsp3) is 0.263. The highest BCUT2D eigenvalue weighted by molar-refractivity contribution is 6.05. The SMILES string of the molecule is Cc1ccc(NC(=O)c2cccc([N+](=O)[O-])c2)cc1N1CCCCC1=O. The number of nitro groups is 1. The van der Waals surface area contributed by atoms with Gasteiger partial charge >= 0.3 is 0 Å². The van der Waals surface area contributed by atoms with Crippen molar-refractivity contribution in [2.24, 2.45) is 0 Å². The summed E-state index contributed by atoms with van der Waals surface area (Å²) in [6, 6.07) is 10.9. The molecule has 0 saturated carbocycles. The number of piperidine rings is 1. The predicted molar refractivity (Wildman–Crippen MR) is 98.4 cm³/mol. The summed E-state index contributed by atoms with van der Waals surface area (Å²) in [5.41, 5.74) is 2.34. The molecule has 0 spiro atoms. The molecule has 2 amide bonds. The maximum absolute atomic E-state index is 12.4. The number of non-ortho nitro benzene ring substituents is 1. The predicted octanol–water partition coefficient (Wildman–Crippen LogP) is 3.67. The molecule has 7 nitrogen and oxygen atoms in total. The monoisotopic (exact) mass is 353 g/mol. The van der Waals surface area contributed by atoms with Gasteiger partial charge in [-0.2, -0.15) is 0 Å². The second-order valence-corrected chi connectivity index (χ2v) is 6.27. The van der Waals surface area contributed by atoms with E-state index in [0.29, 0.717) is 18.7 Å². The Morgan fingerprint density at radius 1 is 1.19 bits per heavy atom. The third-order valence-corrected chi connectivity index (χ3v) is 4.40. The van der Waals surface area contributed by atoms with Crippen LogP contribution in [-0.4, -0.2) is 23.3 Å². The number of rotatable bonds is 4. The molecule has 1 aliphatic heterocycles. The Morgan fingerprint density at radius 3 is 2.73 bits per heavy atom. The summed E-state index contributed by atoms with van der Waals surface area (Å²) >= 11 is 0. The zero-order valence-electron chi connectivity index (χ0n) is 14.4. The molecule has 2 aromatic carbocycles. The van der Waals surface area contributed by atoms with Crippen molar-refractivity contribution < 1.29 is 14.5 Å². The van der Waals surface area contributed by atoms with Gasteiger partial charge in [0.25, 0.3) is 11.6 Å². The van der Waals surface area contributed by atoms with Gasteiger partial charge in [0, 0.05) is 42.0 Å². The molecule has 1 heterocycles. The fourth-order valence-electron chi connectivity index (χ4n) is 3.00. The van der Waals surface area contributed by atoms with Crippen LogP contribution in [0.2, 0.25) is 0 Å². The van der Waals surface area contributed by atoms with Crippen molar-refractivity contribution in [3.8, 4) is 0 Å². The van der Waals surface area contributed by atoms with Gasteiger partial charge in [-0.3, -0.25) is 19.7 Å². The van der Waals surface area contributed by atoms with Gasteiger partial charge in [0.1, 0.15) is 0 Å². The molecule has 0 radical (unpaired) electrons. The molecule has 1 saturated heterocycles. The Labute approximate surface area is 150 Å². The normalized spacial score (nSPS) is 14.2. The van der Waals surface area contributed by atoms with E-state index in [1.807, 2.05) is 13.0 Å². The van der Waals surface area contributed by atoms with Gasteiger partial charge in [0.15, 0.2) is 0 Å². The summed E-state index contributed by atoms with van der Waals surface area (Å²) in [6.45, 7) is 2.59. The molecule has 0 aliphatic carbocycles. The lowest BCUT2D eigenvalue weighted by Gasteiger charge is -2.28. The molecular weight excluding hydrogens is 334 g/mol. The van der Waals surface area contributed by atoms with Crippen molar-refractivity contribution in [1.29, 1.82) is 0 Å². The molecule has 26 heavy (non-hydrogen) atoms. The third kappa shape index (κ3) is 3.72. The van der Waals surface area contributed by atoms with E-state index in [1.165, 1.54) is 24.3 Å². The summed E-state index contributed by atoms with van der Waals surface area (Å²) in [5.74, 6) is -0.352. The maximum Gasteiger partial charge on any atom is 0.270 e. The minimum Gasteiger partial charge on any atom is -0.322 e. The number of aryl methyl sites for hydroxylation is 1. The number of nitrogens with zero attached hydrogens (tertiary/aromatic N) is 2.